The molecule has 2 aliphatic rings. The van der Waals surface area contributed by atoms with Crippen LogP contribution in [0.3, 0.4) is 0 Å². The Kier molecular flexibility index (Phi) is 3.78. The molecule has 1 aromatic carbocycles. The lowest BCUT2D eigenvalue weighted by Crippen LogP contribution is -2.41. The molecule has 2 bridgehead atoms. The maximum Gasteiger partial charge on any atom is 0.107 e. The quantitative estimate of drug-likeness (QED) is 0.830. The highest BCUT2D eigenvalue weighted by Crippen LogP contribution is 2.46. The Morgan fingerprint density at radius 3 is 2.95 bits per heavy atom. The van der Waals surface area contributed by atoms with Crippen LogP contribution in [0.15, 0.2) is 18.2 Å². The minimum absolute atomic E-state index is 0.160. The van der Waals surface area contributed by atoms with Gasteiger partial charge in [-0.3, -0.25) is 4.90 Å². The third-order valence-electron chi connectivity index (χ3n) is 4.34. The zero-order valence-corrected chi connectivity index (χ0v) is 12.7. The van der Waals surface area contributed by atoms with Crippen molar-refractivity contribution in [3.63, 3.8) is 0 Å². The van der Waals surface area contributed by atoms with Crippen LogP contribution in [0, 0.1) is 0 Å². The second kappa shape index (κ2) is 5.25. The number of morpholine rings is 1. The summed E-state index contributed by atoms with van der Waals surface area (Å²) in [5.41, 5.74) is 1.01. The van der Waals surface area contributed by atoms with Crippen LogP contribution in [-0.2, 0) is 10.3 Å². The largest absolute Gasteiger partial charge is 0.367 e. The number of hydrogen-bond acceptors (Lipinski definition) is 2. The van der Waals surface area contributed by atoms with Gasteiger partial charge in [-0.25, -0.2) is 0 Å². The number of unbranched alkanes of at least 4 members (excludes halogenated alkanes) is 1. The van der Waals surface area contributed by atoms with Crippen LogP contribution in [0.2, 0.25) is 10.0 Å². The Balaban J connectivity index is 1.82. The molecule has 2 heterocycles. The summed E-state index contributed by atoms with van der Waals surface area (Å²) in [5.74, 6) is 0. The second-order valence-corrected chi connectivity index (χ2v) is 6.43. The zero-order valence-electron chi connectivity index (χ0n) is 11.2. The topological polar surface area (TPSA) is 12.5 Å². The summed E-state index contributed by atoms with van der Waals surface area (Å²) < 4.78 is 6.09. The molecular formula is C15H19Cl2NO. The molecule has 1 aromatic rings. The first-order chi connectivity index (χ1) is 9.14. The molecule has 0 aliphatic carbocycles. The van der Waals surface area contributed by atoms with E-state index in [-0.39, 0.29) is 5.60 Å². The molecule has 0 aromatic heterocycles. The average molecular weight is 300 g/mol. The molecule has 0 saturated carbocycles. The van der Waals surface area contributed by atoms with Gasteiger partial charge in [0, 0.05) is 12.6 Å². The number of halogens is 2. The van der Waals surface area contributed by atoms with Gasteiger partial charge in [0.15, 0.2) is 0 Å². The Bertz CT molecular complexity index is 479. The summed E-state index contributed by atoms with van der Waals surface area (Å²) in [5, 5.41) is 1.23. The van der Waals surface area contributed by atoms with Crippen molar-refractivity contribution < 1.29 is 4.74 Å². The number of likely N-dealkylation sites (tertiary alicyclic amines) is 1. The van der Waals surface area contributed by atoms with Crippen molar-refractivity contribution in [2.75, 3.05) is 19.7 Å². The van der Waals surface area contributed by atoms with Gasteiger partial charge < -0.3 is 4.74 Å². The summed E-state index contributed by atoms with van der Waals surface area (Å²) in [4.78, 5) is 2.56. The maximum atomic E-state index is 6.14. The van der Waals surface area contributed by atoms with Gasteiger partial charge >= 0.3 is 0 Å². The van der Waals surface area contributed by atoms with Gasteiger partial charge in [-0.1, -0.05) is 42.6 Å². The number of benzene rings is 1. The highest BCUT2D eigenvalue weighted by molar-refractivity contribution is 6.42. The fraction of sp³-hybridized carbons (Fsp3) is 0.600. The minimum Gasteiger partial charge on any atom is -0.367 e. The van der Waals surface area contributed by atoms with E-state index in [1.807, 2.05) is 12.1 Å². The molecule has 104 valence electrons. The van der Waals surface area contributed by atoms with E-state index in [1.165, 1.54) is 24.9 Å². The maximum absolute atomic E-state index is 6.14. The van der Waals surface area contributed by atoms with Crippen molar-refractivity contribution >= 4 is 23.2 Å². The van der Waals surface area contributed by atoms with E-state index in [9.17, 15) is 0 Å². The molecule has 0 N–H and O–H groups in total. The van der Waals surface area contributed by atoms with Gasteiger partial charge in [-0.2, -0.15) is 0 Å². The van der Waals surface area contributed by atoms with E-state index >= 15 is 0 Å². The molecule has 19 heavy (non-hydrogen) atoms. The van der Waals surface area contributed by atoms with E-state index in [0.29, 0.717) is 16.1 Å². The molecule has 2 unspecified atom stereocenters. The standard InChI is InChI=1S/C15H19Cl2NO/c1-2-3-6-18-10-15(8-12(18)9-19-15)11-4-5-13(16)14(17)7-11/h4-5,7,12H,2-3,6,8-10H2,1H3. The third-order valence-corrected chi connectivity index (χ3v) is 5.08. The van der Waals surface area contributed by atoms with Gasteiger partial charge in [-0.15, -0.1) is 0 Å². The second-order valence-electron chi connectivity index (χ2n) is 5.62. The lowest BCUT2D eigenvalue weighted by molar-refractivity contribution is -0.0489. The van der Waals surface area contributed by atoms with Crippen molar-refractivity contribution in [2.45, 2.75) is 37.8 Å². The van der Waals surface area contributed by atoms with Crippen molar-refractivity contribution in [1.29, 1.82) is 0 Å². The zero-order chi connectivity index (χ0) is 13.5. The van der Waals surface area contributed by atoms with Crippen LogP contribution in [0.1, 0.15) is 31.7 Å². The number of nitrogens with zero attached hydrogens (tertiary/aromatic N) is 1. The van der Waals surface area contributed by atoms with E-state index in [1.54, 1.807) is 0 Å². The third kappa shape index (κ3) is 2.40. The predicted molar refractivity (Wildman–Crippen MR) is 79.0 cm³/mol. The molecule has 0 spiro atoms. The molecule has 2 nitrogen and oxygen atoms in total. The Morgan fingerprint density at radius 1 is 1.37 bits per heavy atom. The fourth-order valence-electron chi connectivity index (χ4n) is 3.25. The van der Waals surface area contributed by atoms with Gasteiger partial charge in [0.1, 0.15) is 5.60 Å². The lowest BCUT2D eigenvalue weighted by atomic mass is 9.93. The van der Waals surface area contributed by atoms with E-state index < -0.39 is 0 Å². The molecule has 2 fully saturated rings. The number of ether oxygens (including phenoxy) is 1. The Morgan fingerprint density at radius 2 is 2.21 bits per heavy atom. The first-order valence-corrected chi connectivity index (χ1v) is 7.74. The normalized spacial score (nSPS) is 30.2. The predicted octanol–water partition coefficient (Wildman–Crippen LogP) is 4.09. The van der Waals surface area contributed by atoms with E-state index in [0.717, 1.165) is 19.6 Å². The molecule has 3 rings (SSSR count). The van der Waals surface area contributed by atoms with E-state index in [4.69, 9.17) is 27.9 Å². The number of hydrogen-bond donors (Lipinski definition) is 0. The summed E-state index contributed by atoms with van der Waals surface area (Å²) in [6, 6.07) is 6.47. The summed E-state index contributed by atoms with van der Waals surface area (Å²) in [7, 11) is 0. The Labute approximate surface area is 124 Å². The highest BCUT2D eigenvalue weighted by atomic mass is 35.5. The molecule has 0 radical (unpaired) electrons. The van der Waals surface area contributed by atoms with Crippen LogP contribution in [0.5, 0.6) is 0 Å². The van der Waals surface area contributed by atoms with Crippen LogP contribution < -0.4 is 0 Å². The van der Waals surface area contributed by atoms with Crippen LogP contribution in [-0.4, -0.2) is 30.6 Å². The lowest BCUT2D eigenvalue weighted by Gasteiger charge is -2.33. The van der Waals surface area contributed by atoms with Gasteiger partial charge in [0.2, 0.25) is 0 Å². The first-order valence-electron chi connectivity index (χ1n) is 6.98. The van der Waals surface area contributed by atoms with Crippen molar-refractivity contribution in [3.8, 4) is 0 Å². The smallest absolute Gasteiger partial charge is 0.107 e. The molecule has 0 amide bonds. The molecule has 2 atom stereocenters. The van der Waals surface area contributed by atoms with Crippen molar-refractivity contribution in [2.24, 2.45) is 0 Å². The van der Waals surface area contributed by atoms with Crippen molar-refractivity contribution in [1.82, 2.24) is 4.90 Å². The molecule has 2 aliphatic heterocycles. The van der Waals surface area contributed by atoms with Crippen LogP contribution in [0.25, 0.3) is 0 Å². The van der Waals surface area contributed by atoms with Gasteiger partial charge in [0.25, 0.3) is 0 Å². The molecular weight excluding hydrogens is 281 g/mol. The molecule has 4 heteroatoms. The summed E-state index contributed by atoms with van der Waals surface area (Å²) in [6.45, 7) is 5.23. The monoisotopic (exact) mass is 299 g/mol. The van der Waals surface area contributed by atoms with Crippen molar-refractivity contribution in [3.05, 3.63) is 33.8 Å². The Hall–Kier alpha value is -0.280. The summed E-state index contributed by atoms with van der Waals surface area (Å²) in [6.07, 6.45) is 3.58. The number of fused-ring (bicyclic) bond motifs is 2. The average Bonchev–Trinajstić information content (AvgIpc) is 2.98. The van der Waals surface area contributed by atoms with Gasteiger partial charge in [0.05, 0.1) is 16.7 Å². The minimum atomic E-state index is -0.160. The van der Waals surface area contributed by atoms with Gasteiger partial charge in [-0.05, 0) is 37.1 Å². The van der Waals surface area contributed by atoms with Crippen LogP contribution in [0.4, 0.5) is 0 Å². The molecule has 2 saturated heterocycles. The summed E-state index contributed by atoms with van der Waals surface area (Å²) >= 11 is 12.1. The van der Waals surface area contributed by atoms with E-state index in [2.05, 4.69) is 17.9 Å². The first kappa shape index (κ1) is 13.7. The number of rotatable bonds is 4. The fourth-order valence-corrected chi connectivity index (χ4v) is 3.55. The highest BCUT2D eigenvalue weighted by Gasteiger charge is 2.51. The van der Waals surface area contributed by atoms with Crippen LogP contribution >= 0.6 is 23.2 Å². The SMILES string of the molecule is CCCCN1CC2(c3ccc(Cl)c(Cl)c3)CC1CO2.